The number of ketones is 1. The first-order valence-corrected chi connectivity index (χ1v) is 12.2. The lowest BCUT2D eigenvalue weighted by molar-refractivity contribution is -0.132. The number of benzene rings is 3. The highest BCUT2D eigenvalue weighted by Crippen LogP contribution is 2.45. The molecule has 3 aromatic rings. The number of amides is 1. The molecule has 0 aromatic heterocycles. The molecule has 1 heterocycles. The number of aryl methyl sites for hydroxylation is 1. The third-order valence-electron chi connectivity index (χ3n) is 6.09. The van der Waals surface area contributed by atoms with Gasteiger partial charge in [-0.25, -0.2) is 0 Å². The van der Waals surface area contributed by atoms with E-state index in [0.29, 0.717) is 29.4 Å². The van der Waals surface area contributed by atoms with Gasteiger partial charge in [0.1, 0.15) is 23.0 Å². The first kappa shape index (κ1) is 26.1. The number of halogens is 1. The minimum Gasteiger partial charge on any atom is -0.507 e. The Kier molecular flexibility index (Phi) is 7.74. The number of aliphatic hydroxyl groups excluding tert-OH is 1. The Hall–Kier alpha value is -3.97. The van der Waals surface area contributed by atoms with Crippen LogP contribution < -0.4 is 19.1 Å². The molecule has 1 amide bonds. The Morgan fingerprint density at radius 3 is 2.38 bits per heavy atom. The summed E-state index contributed by atoms with van der Waals surface area (Å²) in [6.07, 6.45) is 0.860. The zero-order chi connectivity index (χ0) is 26.7. The largest absolute Gasteiger partial charge is 0.507 e. The van der Waals surface area contributed by atoms with Crippen LogP contribution in [-0.4, -0.2) is 37.6 Å². The number of hydrogen-bond acceptors (Lipinski definition) is 6. The number of carbonyl (C=O) groups is 2. The average Bonchev–Trinajstić information content (AvgIpc) is 3.17. The molecule has 1 aliphatic rings. The Morgan fingerprint density at radius 1 is 1.00 bits per heavy atom. The van der Waals surface area contributed by atoms with Crippen LogP contribution in [-0.2, 0) is 9.59 Å². The van der Waals surface area contributed by atoms with Crippen molar-refractivity contribution in [1.29, 1.82) is 0 Å². The monoisotopic (exact) mass is 521 g/mol. The van der Waals surface area contributed by atoms with E-state index in [9.17, 15) is 14.7 Å². The highest BCUT2D eigenvalue weighted by molar-refractivity contribution is 6.51. The van der Waals surface area contributed by atoms with E-state index < -0.39 is 17.7 Å². The van der Waals surface area contributed by atoms with Crippen molar-refractivity contribution in [3.8, 4) is 17.2 Å². The van der Waals surface area contributed by atoms with Gasteiger partial charge in [0.2, 0.25) is 0 Å². The predicted octanol–water partition coefficient (Wildman–Crippen LogP) is 6.08. The SMILES string of the molecule is CCCOc1ccc(C2/C(=C(\O)c3cc(C)cc(Cl)c3OC)C(=O)C(=O)N2c2cccc(OC)c2)cc1. The predicted molar refractivity (Wildman–Crippen MR) is 143 cm³/mol. The topological polar surface area (TPSA) is 85.3 Å². The summed E-state index contributed by atoms with van der Waals surface area (Å²) in [5.41, 5.74) is 1.97. The number of aliphatic hydroxyl groups is 1. The standard InChI is InChI=1S/C29H28ClNO6/c1-5-13-37-20-11-9-18(10-12-20)25-24(26(32)22-14-17(2)15-23(30)28(22)36-4)27(33)29(34)31(25)19-7-6-8-21(16-19)35-3/h6-12,14-16,25,32H,5,13H2,1-4H3/b26-24+. The number of hydrogen-bond donors (Lipinski definition) is 1. The van der Waals surface area contributed by atoms with Crippen molar-refractivity contribution in [3.63, 3.8) is 0 Å². The second-order valence-corrected chi connectivity index (χ2v) is 9.02. The molecule has 3 aromatic carbocycles. The van der Waals surface area contributed by atoms with Crippen LogP contribution in [0.2, 0.25) is 5.02 Å². The van der Waals surface area contributed by atoms with Gasteiger partial charge >= 0.3 is 0 Å². The van der Waals surface area contributed by atoms with Gasteiger partial charge in [-0.1, -0.05) is 36.7 Å². The van der Waals surface area contributed by atoms with E-state index in [2.05, 4.69) is 0 Å². The van der Waals surface area contributed by atoms with E-state index in [1.54, 1.807) is 60.7 Å². The van der Waals surface area contributed by atoms with Crippen molar-refractivity contribution in [1.82, 2.24) is 0 Å². The fourth-order valence-electron chi connectivity index (χ4n) is 4.40. The number of methoxy groups -OCH3 is 2. The van der Waals surface area contributed by atoms with Gasteiger partial charge < -0.3 is 19.3 Å². The summed E-state index contributed by atoms with van der Waals surface area (Å²) < 4.78 is 16.5. The summed E-state index contributed by atoms with van der Waals surface area (Å²) in [5, 5.41) is 11.8. The van der Waals surface area contributed by atoms with Gasteiger partial charge in [0.05, 0.1) is 43.0 Å². The molecule has 1 unspecified atom stereocenters. The highest BCUT2D eigenvalue weighted by atomic mass is 35.5. The molecule has 192 valence electrons. The second kappa shape index (κ2) is 11.0. The molecule has 1 saturated heterocycles. The molecule has 37 heavy (non-hydrogen) atoms. The minimum atomic E-state index is -0.920. The van der Waals surface area contributed by atoms with Gasteiger partial charge in [-0.2, -0.15) is 0 Å². The van der Waals surface area contributed by atoms with E-state index in [0.717, 1.165) is 12.0 Å². The molecule has 1 aliphatic heterocycles. The van der Waals surface area contributed by atoms with Crippen LogP contribution in [0.5, 0.6) is 17.2 Å². The normalized spacial score (nSPS) is 16.7. The first-order valence-electron chi connectivity index (χ1n) is 11.8. The van der Waals surface area contributed by atoms with E-state index in [4.69, 9.17) is 25.8 Å². The molecule has 8 heteroatoms. The maximum Gasteiger partial charge on any atom is 0.300 e. The van der Waals surface area contributed by atoms with Crippen LogP contribution in [0.15, 0.2) is 66.2 Å². The van der Waals surface area contributed by atoms with Crippen molar-refractivity contribution in [2.24, 2.45) is 0 Å². The lowest BCUT2D eigenvalue weighted by atomic mass is 9.94. The van der Waals surface area contributed by atoms with Gasteiger partial charge in [0, 0.05) is 11.8 Å². The number of Topliss-reactive ketones (excluding diaryl/α,β-unsaturated/α-hetero) is 1. The van der Waals surface area contributed by atoms with Crippen molar-refractivity contribution in [2.45, 2.75) is 26.3 Å². The lowest BCUT2D eigenvalue weighted by Gasteiger charge is -2.26. The number of nitrogens with zero attached hydrogens (tertiary/aromatic N) is 1. The highest BCUT2D eigenvalue weighted by Gasteiger charge is 2.47. The fourth-order valence-corrected chi connectivity index (χ4v) is 4.75. The lowest BCUT2D eigenvalue weighted by Crippen LogP contribution is -2.29. The molecule has 4 rings (SSSR count). The van der Waals surface area contributed by atoms with E-state index in [1.807, 2.05) is 13.8 Å². The molecular formula is C29H28ClNO6. The smallest absolute Gasteiger partial charge is 0.300 e. The summed E-state index contributed by atoms with van der Waals surface area (Å²) in [4.78, 5) is 28.3. The maximum absolute atomic E-state index is 13.5. The summed E-state index contributed by atoms with van der Waals surface area (Å²) in [6, 6.07) is 16.4. The van der Waals surface area contributed by atoms with Gasteiger partial charge in [0.15, 0.2) is 0 Å². The average molecular weight is 522 g/mol. The minimum absolute atomic E-state index is 0.0741. The molecule has 0 saturated carbocycles. The van der Waals surface area contributed by atoms with Crippen LogP contribution in [0.1, 0.15) is 36.1 Å². The third-order valence-corrected chi connectivity index (χ3v) is 6.37. The molecule has 0 radical (unpaired) electrons. The van der Waals surface area contributed by atoms with Crippen molar-refractivity contribution >= 4 is 34.7 Å². The number of anilines is 1. The zero-order valence-corrected chi connectivity index (χ0v) is 21.8. The van der Waals surface area contributed by atoms with Crippen molar-refractivity contribution in [3.05, 3.63) is 87.9 Å². The van der Waals surface area contributed by atoms with Crippen molar-refractivity contribution < 1.29 is 28.9 Å². The molecule has 1 fully saturated rings. The van der Waals surface area contributed by atoms with Crippen LogP contribution in [0.4, 0.5) is 5.69 Å². The number of rotatable bonds is 8. The van der Waals surface area contributed by atoms with E-state index in [1.165, 1.54) is 19.1 Å². The second-order valence-electron chi connectivity index (χ2n) is 8.62. The fraction of sp³-hybridized carbons (Fsp3) is 0.241. The zero-order valence-electron chi connectivity index (χ0n) is 21.1. The van der Waals surface area contributed by atoms with Crippen molar-refractivity contribution in [2.75, 3.05) is 25.7 Å². The third kappa shape index (κ3) is 5.00. The molecular weight excluding hydrogens is 494 g/mol. The van der Waals surface area contributed by atoms with Gasteiger partial charge in [-0.3, -0.25) is 14.5 Å². The van der Waals surface area contributed by atoms with Crippen LogP contribution in [0.3, 0.4) is 0 Å². The van der Waals surface area contributed by atoms with Gasteiger partial charge in [-0.05, 0) is 60.9 Å². The summed E-state index contributed by atoms with van der Waals surface area (Å²) >= 11 is 6.37. The molecule has 1 atom stereocenters. The van der Waals surface area contributed by atoms with Crippen LogP contribution >= 0.6 is 11.6 Å². The summed E-state index contributed by atoms with van der Waals surface area (Å²) in [6.45, 7) is 4.39. The maximum atomic E-state index is 13.5. The summed E-state index contributed by atoms with van der Waals surface area (Å²) in [5.74, 6) is -0.577. The quantitative estimate of drug-likeness (QED) is 0.220. The molecule has 1 N–H and O–H groups in total. The molecule has 0 bridgehead atoms. The van der Waals surface area contributed by atoms with Gasteiger partial charge in [-0.15, -0.1) is 0 Å². The first-order chi connectivity index (χ1) is 17.8. The number of carbonyl (C=O) groups excluding carboxylic acids is 2. The van der Waals surface area contributed by atoms with Crippen LogP contribution in [0.25, 0.3) is 5.76 Å². The van der Waals surface area contributed by atoms with E-state index in [-0.39, 0.29) is 27.7 Å². The van der Waals surface area contributed by atoms with Crippen LogP contribution in [0, 0.1) is 6.92 Å². The molecule has 0 aliphatic carbocycles. The Bertz CT molecular complexity index is 1370. The molecule has 7 nitrogen and oxygen atoms in total. The Labute approximate surface area is 220 Å². The van der Waals surface area contributed by atoms with Gasteiger partial charge in [0.25, 0.3) is 11.7 Å². The Morgan fingerprint density at radius 2 is 1.73 bits per heavy atom. The summed E-state index contributed by atoms with van der Waals surface area (Å²) in [7, 11) is 2.95. The number of ether oxygens (including phenoxy) is 3. The Balaban J connectivity index is 1.95. The molecule has 0 spiro atoms. The van der Waals surface area contributed by atoms with E-state index >= 15 is 0 Å².